The van der Waals surface area contributed by atoms with Crippen LogP contribution in [0.1, 0.15) is 49.4 Å². The molecule has 0 unspecified atom stereocenters. The number of hydrogen-bond donors (Lipinski definition) is 1. The highest BCUT2D eigenvalue weighted by molar-refractivity contribution is 6.21. The standard InChI is InChI=1S/C31H22N2O6/c34-28-24-16-8-9-17-25(24)29(35)33(28)39-30(36)27(19-10-2-1-3-11-19)32-31(37)38-18-26-22-14-6-4-12-20(22)21-13-5-7-15-23(21)26/h1-17,26-27H,18H2,(H,32,37)/t27-/m1/s1. The van der Waals surface area contributed by atoms with Crippen molar-refractivity contribution >= 4 is 23.9 Å². The molecule has 2 aliphatic rings. The van der Waals surface area contributed by atoms with Crippen molar-refractivity contribution < 1.29 is 28.8 Å². The van der Waals surface area contributed by atoms with Crippen LogP contribution in [0.25, 0.3) is 11.1 Å². The molecule has 0 radical (unpaired) electrons. The highest BCUT2D eigenvalue weighted by Crippen LogP contribution is 2.44. The maximum Gasteiger partial charge on any atom is 0.408 e. The summed E-state index contributed by atoms with van der Waals surface area (Å²) < 4.78 is 5.60. The van der Waals surface area contributed by atoms with Gasteiger partial charge < -0.3 is 14.9 Å². The number of benzene rings is 4. The van der Waals surface area contributed by atoms with E-state index in [-0.39, 0.29) is 23.7 Å². The van der Waals surface area contributed by atoms with E-state index in [1.165, 1.54) is 12.1 Å². The average Bonchev–Trinajstić information content (AvgIpc) is 3.42. The highest BCUT2D eigenvalue weighted by atomic mass is 16.7. The Morgan fingerprint density at radius 3 is 1.74 bits per heavy atom. The van der Waals surface area contributed by atoms with Gasteiger partial charge in [0.25, 0.3) is 11.8 Å². The molecular formula is C31H22N2O6. The van der Waals surface area contributed by atoms with E-state index in [1.54, 1.807) is 42.5 Å². The number of rotatable bonds is 6. The lowest BCUT2D eigenvalue weighted by atomic mass is 9.98. The molecule has 4 aromatic carbocycles. The summed E-state index contributed by atoms with van der Waals surface area (Å²) in [4.78, 5) is 56.8. The number of hydroxylamine groups is 2. The van der Waals surface area contributed by atoms with Crippen LogP contribution in [0.2, 0.25) is 0 Å². The van der Waals surface area contributed by atoms with E-state index in [2.05, 4.69) is 5.32 Å². The van der Waals surface area contributed by atoms with Gasteiger partial charge in [0.15, 0.2) is 6.04 Å². The van der Waals surface area contributed by atoms with Crippen LogP contribution in [-0.4, -0.2) is 35.5 Å². The zero-order valence-corrected chi connectivity index (χ0v) is 20.6. The number of carbonyl (C=O) groups is 4. The molecule has 0 bridgehead atoms. The molecule has 39 heavy (non-hydrogen) atoms. The molecule has 192 valence electrons. The Labute approximate surface area is 223 Å². The van der Waals surface area contributed by atoms with Crippen LogP contribution in [-0.2, 0) is 14.4 Å². The number of imide groups is 1. The second-order valence-corrected chi connectivity index (χ2v) is 9.17. The topological polar surface area (TPSA) is 102 Å². The number of hydrogen-bond acceptors (Lipinski definition) is 6. The van der Waals surface area contributed by atoms with Gasteiger partial charge in [-0.1, -0.05) is 96.1 Å². The van der Waals surface area contributed by atoms with E-state index >= 15 is 0 Å². The van der Waals surface area contributed by atoms with E-state index in [9.17, 15) is 19.2 Å². The van der Waals surface area contributed by atoms with Crippen LogP contribution >= 0.6 is 0 Å². The minimum atomic E-state index is -1.33. The van der Waals surface area contributed by atoms with Crippen molar-refractivity contribution in [3.05, 3.63) is 131 Å². The zero-order valence-electron chi connectivity index (χ0n) is 20.6. The van der Waals surface area contributed by atoms with Crippen molar-refractivity contribution in [2.45, 2.75) is 12.0 Å². The van der Waals surface area contributed by atoms with E-state index in [1.807, 2.05) is 48.5 Å². The first-order valence-electron chi connectivity index (χ1n) is 12.4. The van der Waals surface area contributed by atoms with Crippen LogP contribution < -0.4 is 5.32 Å². The molecule has 3 amide bonds. The van der Waals surface area contributed by atoms with Crippen LogP contribution in [0, 0.1) is 0 Å². The van der Waals surface area contributed by atoms with Gasteiger partial charge in [-0.2, -0.15) is 0 Å². The van der Waals surface area contributed by atoms with Gasteiger partial charge in [-0.05, 0) is 39.9 Å². The molecule has 0 aromatic heterocycles. The Kier molecular flexibility index (Phi) is 6.13. The summed E-state index contributed by atoms with van der Waals surface area (Å²) in [5.41, 5.74) is 4.95. The third kappa shape index (κ3) is 4.31. The Hall–Kier alpha value is -5.24. The van der Waals surface area contributed by atoms with E-state index < -0.39 is 29.9 Å². The predicted molar refractivity (Wildman–Crippen MR) is 140 cm³/mol. The quantitative estimate of drug-likeness (QED) is 0.360. The first kappa shape index (κ1) is 24.1. The maximum absolute atomic E-state index is 13.2. The number of carbonyl (C=O) groups excluding carboxylic acids is 4. The molecule has 8 heteroatoms. The molecule has 0 saturated carbocycles. The van der Waals surface area contributed by atoms with Crippen LogP contribution in [0.5, 0.6) is 0 Å². The third-order valence-corrected chi connectivity index (χ3v) is 6.91. The van der Waals surface area contributed by atoms with Gasteiger partial charge in [0.2, 0.25) is 0 Å². The molecule has 0 saturated heterocycles. The molecule has 1 aliphatic carbocycles. The first-order chi connectivity index (χ1) is 19.0. The van der Waals surface area contributed by atoms with Crippen molar-refractivity contribution in [3.8, 4) is 11.1 Å². The summed E-state index contributed by atoms with van der Waals surface area (Å²) in [5, 5.41) is 2.96. The molecule has 6 rings (SSSR count). The minimum Gasteiger partial charge on any atom is -0.449 e. The van der Waals surface area contributed by atoms with Gasteiger partial charge >= 0.3 is 12.1 Å². The summed E-state index contributed by atoms with van der Waals surface area (Å²) in [6.07, 6.45) is -0.843. The van der Waals surface area contributed by atoms with Crippen LogP contribution in [0.4, 0.5) is 4.79 Å². The van der Waals surface area contributed by atoms with Gasteiger partial charge in [0.05, 0.1) is 11.1 Å². The van der Waals surface area contributed by atoms with Crippen molar-refractivity contribution in [1.82, 2.24) is 10.4 Å². The van der Waals surface area contributed by atoms with Crippen molar-refractivity contribution in [1.29, 1.82) is 0 Å². The van der Waals surface area contributed by atoms with Crippen molar-refractivity contribution in [3.63, 3.8) is 0 Å². The van der Waals surface area contributed by atoms with Gasteiger partial charge in [-0.15, -0.1) is 0 Å². The lowest BCUT2D eigenvalue weighted by molar-refractivity contribution is -0.171. The first-order valence-corrected chi connectivity index (χ1v) is 12.4. The summed E-state index contributed by atoms with van der Waals surface area (Å²) in [7, 11) is 0. The normalized spacial score (nSPS) is 14.3. The Morgan fingerprint density at radius 2 is 1.18 bits per heavy atom. The Morgan fingerprint density at radius 1 is 0.692 bits per heavy atom. The van der Waals surface area contributed by atoms with Gasteiger partial charge in [-0.25, -0.2) is 9.59 Å². The lowest BCUT2D eigenvalue weighted by Crippen LogP contribution is -2.40. The molecule has 1 aliphatic heterocycles. The Balaban J connectivity index is 1.18. The lowest BCUT2D eigenvalue weighted by Gasteiger charge is -2.21. The zero-order chi connectivity index (χ0) is 26.9. The smallest absolute Gasteiger partial charge is 0.408 e. The summed E-state index contributed by atoms with van der Waals surface area (Å²) in [5.74, 6) is -2.68. The van der Waals surface area contributed by atoms with Crippen molar-refractivity contribution in [2.24, 2.45) is 0 Å². The summed E-state index contributed by atoms with van der Waals surface area (Å²) in [6.45, 7) is 0.0504. The number of alkyl carbamates (subject to hydrolysis) is 1. The minimum absolute atomic E-state index is 0.0504. The van der Waals surface area contributed by atoms with Gasteiger partial charge in [-0.3, -0.25) is 9.59 Å². The van der Waals surface area contributed by atoms with Crippen molar-refractivity contribution in [2.75, 3.05) is 6.61 Å². The number of fused-ring (bicyclic) bond motifs is 4. The fraction of sp³-hybridized carbons (Fsp3) is 0.0968. The number of nitrogens with one attached hydrogen (secondary N) is 1. The van der Waals surface area contributed by atoms with E-state index in [4.69, 9.17) is 9.57 Å². The van der Waals surface area contributed by atoms with E-state index in [0.717, 1.165) is 22.3 Å². The maximum atomic E-state index is 13.2. The fourth-order valence-electron chi connectivity index (χ4n) is 5.07. The average molecular weight is 519 g/mol. The predicted octanol–water partition coefficient (Wildman–Crippen LogP) is 5.02. The molecule has 0 spiro atoms. The molecular weight excluding hydrogens is 496 g/mol. The molecule has 4 aromatic rings. The molecule has 1 N–H and O–H groups in total. The Bertz CT molecular complexity index is 1540. The molecule has 1 atom stereocenters. The molecule has 0 fully saturated rings. The van der Waals surface area contributed by atoms with Gasteiger partial charge in [0, 0.05) is 5.92 Å². The van der Waals surface area contributed by atoms with Crippen LogP contribution in [0.15, 0.2) is 103 Å². The monoisotopic (exact) mass is 518 g/mol. The second kappa shape index (κ2) is 9.90. The highest BCUT2D eigenvalue weighted by Gasteiger charge is 2.40. The number of ether oxygens (including phenoxy) is 1. The summed E-state index contributed by atoms with van der Waals surface area (Å²) in [6, 6.07) is 29.1. The largest absolute Gasteiger partial charge is 0.449 e. The third-order valence-electron chi connectivity index (χ3n) is 6.91. The second-order valence-electron chi connectivity index (χ2n) is 9.17. The SMILES string of the molecule is O=C(N[C@@H](C(=O)ON1C(=O)c2ccccc2C1=O)c1ccccc1)OCC1c2ccccc2-c2ccccc21. The molecule has 1 heterocycles. The van der Waals surface area contributed by atoms with E-state index in [0.29, 0.717) is 10.6 Å². The number of nitrogens with zero attached hydrogens (tertiary/aromatic N) is 1. The fourth-order valence-corrected chi connectivity index (χ4v) is 5.07. The molecule has 8 nitrogen and oxygen atoms in total. The number of amides is 3. The van der Waals surface area contributed by atoms with Gasteiger partial charge in [0.1, 0.15) is 6.61 Å². The van der Waals surface area contributed by atoms with Crippen LogP contribution in [0.3, 0.4) is 0 Å². The summed E-state index contributed by atoms with van der Waals surface area (Å²) >= 11 is 0.